The van der Waals surface area contributed by atoms with Crippen molar-refractivity contribution in [3.8, 4) is 0 Å². The van der Waals surface area contributed by atoms with Crippen LogP contribution in [0.2, 0.25) is 10.0 Å². The minimum absolute atomic E-state index is 0.0672. The van der Waals surface area contributed by atoms with Gasteiger partial charge in [0.1, 0.15) is 5.82 Å². The largest absolute Gasteiger partial charge is 0.318 e. The average molecular weight is 444 g/mol. The van der Waals surface area contributed by atoms with Crippen LogP contribution >= 0.6 is 23.2 Å². The molecule has 0 bridgehead atoms. The number of unbranched alkanes of at least 4 members (excludes halogenated alkanes) is 1. The van der Waals surface area contributed by atoms with E-state index in [0.717, 1.165) is 24.8 Å². The zero-order valence-corrected chi connectivity index (χ0v) is 18.8. The van der Waals surface area contributed by atoms with Crippen LogP contribution < -0.4 is 5.32 Å². The third kappa shape index (κ3) is 4.98. The summed E-state index contributed by atoms with van der Waals surface area (Å²) in [5.74, 6) is 0.540. The van der Waals surface area contributed by atoms with E-state index in [9.17, 15) is 9.00 Å². The second-order valence-electron chi connectivity index (χ2n) is 6.60. The number of halogens is 2. The molecule has 2 rings (SSSR count). The first-order chi connectivity index (χ1) is 13.3. The number of carbonyl (C=O) groups is 1. The van der Waals surface area contributed by atoms with E-state index in [0.29, 0.717) is 33.9 Å². The van der Waals surface area contributed by atoms with Crippen molar-refractivity contribution in [3.63, 3.8) is 0 Å². The second-order valence-corrected chi connectivity index (χ2v) is 8.83. The van der Waals surface area contributed by atoms with Crippen LogP contribution in [0.1, 0.15) is 33.1 Å². The summed E-state index contributed by atoms with van der Waals surface area (Å²) in [5.41, 5.74) is 0.946. The maximum atomic E-state index is 13.5. The molecule has 0 radical (unpaired) electrons. The fourth-order valence-electron chi connectivity index (χ4n) is 3.23. The number of carbonyl (C=O) groups excluding carboxylic acids is 1. The lowest BCUT2D eigenvalue weighted by Gasteiger charge is -2.48. The normalized spacial score (nSPS) is 17.3. The Morgan fingerprint density at radius 3 is 2.50 bits per heavy atom. The summed E-state index contributed by atoms with van der Waals surface area (Å²) < 4.78 is 15.3. The van der Waals surface area contributed by atoms with Gasteiger partial charge in [-0.15, -0.1) is 0 Å². The van der Waals surface area contributed by atoms with Crippen LogP contribution in [0.3, 0.4) is 0 Å². The zero-order valence-electron chi connectivity index (χ0n) is 16.5. The Balaban J connectivity index is 2.48. The summed E-state index contributed by atoms with van der Waals surface area (Å²) in [4.78, 5) is 14.5. The van der Waals surface area contributed by atoms with Gasteiger partial charge in [-0.25, -0.2) is 4.21 Å². The predicted molar refractivity (Wildman–Crippen MR) is 117 cm³/mol. The van der Waals surface area contributed by atoms with Gasteiger partial charge in [0.2, 0.25) is 5.91 Å². The Kier molecular flexibility index (Phi) is 8.56. The smallest absolute Gasteiger partial charge is 0.225 e. The molecule has 0 saturated carbocycles. The summed E-state index contributed by atoms with van der Waals surface area (Å²) in [6, 6.07) is 4.84. The molecule has 0 aliphatic carbocycles. The molecular weight excluding hydrogens is 417 g/mol. The molecule has 5 nitrogen and oxygen atoms in total. The second kappa shape index (κ2) is 10.4. The van der Waals surface area contributed by atoms with E-state index >= 15 is 0 Å². The number of hydrogen-bond acceptors (Lipinski definition) is 3. The summed E-state index contributed by atoms with van der Waals surface area (Å²) in [6.07, 6.45) is 4.61. The lowest BCUT2D eigenvalue weighted by Crippen LogP contribution is -2.54. The van der Waals surface area contributed by atoms with Crippen LogP contribution in [0.25, 0.3) is 0 Å². The van der Waals surface area contributed by atoms with Crippen LogP contribution in [-0.4, -0.2) is 45.5 Å². The van der Waals surface area contributed by atoms with Gasteiger partial charge in [-0.05, 0) is 31.7 Å². The van der Waals surface area contributed by atoms with Crippen LogP contribution in [0.15, 0.2) is 47.1 Å². The minimum atomic E-state index is -1.55. The van der Waals surface area contributed by atoms with Gasteiger partial charge in [-0.2, -0.15) is 0 Å². The van der Waals surface area contributed by atoms with Gasteiger partial charge in [0.05, 0.1) is 10.9 Å². The molecule has 1 aliphatic heterocycles. The van der Waals surface area contributed by atoms with Crippen molar-refractivity contribution in [3.05, 3.63) is 52.3 Å². The number of rotatable bonds is 10. The monoisotopic (exact) mass is 443 g/mol. The summed E-state index contributed by atoms with van der Waals surface area (Å²) >= 11 is 12.2. The van der Waals surface area contributed by atoms with Crippen molar-refractivity contribution >= 4 is 40.1 Å². The van der Waals surface area contributed by atoms with Gasteiger partial charge in [0, 0.05) is 35.6 Å². The van der Waals surface area contributed by atoms with Crippen LogP contribution in [0.5, 0.6) is 0 Å². The Bertz CT molecular complexity index is 777. The Morgan fingerprint density at radius 2 is 2.00 bits per heavy atom. The zero-order chi connectivity index (χ0) is 20.8. The van der Waals surface area contributed by atoms with E-state index in [1.54, 1.807) is 33.5 Å². The quantitative estimate of drug-likeness (QED) is 0.584. The number of nitrogens with one attached hydrogen (secondary N) is 1. The standard InChI is InChI=1S/C20H27Cl2N3O2S/c1-5-7-8-19-18(6-2)20(24(14(3)26)10-9-23-4)25(19)28(27)17-12-15(21)11-16(22)13-17/h6,11-13,19,23H,2,5,7-10H2,1,3-4H3. The predicted octanol–water partition coefficient (Wildman–Crippen LogP) is 4.36. The molecule has 0 aromatic heterocycles. The minimum Gasteiger partial charge on any atom is -0.318 e. The van der Waals surface area contributed by atoms with Gasteiger partial charge in [-0.1, -0.05) is 55.6 Å². The van der Waals surface area contributed by atoms with E-state index in [1.807, 2.05) is 7.05 Å². The van der Waals surface area contributed by atoms with Crippen molar-refractivity contribution in [2.24, 2.45) is 0 Å². The van der Waals surface area contributed by atoms with Crippen molar-refractivity contribution in [2.75, 3.05) is 20.1 Å². The third-order valence-corrected chi connectivity index (χ3v) is 6.46. The first kappa shape index (κ1) is 22.9. The molecule has 154 valence electrons. The van der Waals surface area contributed by atoms with Crippen LogP contribution in [0.4, 0.5) is 0 Å². The van der Waals surface area contributed by atoms with E-state index in [2.05, 4.69) is 18.8 Å². The summed E-state index contributed by atoms with van der Waals surface area (Å²) in [7, 11) is 0.283. The van der Waals surface area contributed by atoms with E-state index in [1.165, 1.54) is 6.92 Å². The molecular formula is C20H27Cl2N3O2S. The van der Waals surface area contributed by atoms with E-state index in [-0.39, 0.29) is 11.9 Å². The number of nitrogens with zero attached hydrogens (tertiary/aromatic N) is 2. The molecule has 2 unspecified atom stereocenters. The Morgan fingerprint density at radius 1 is 1.36 bits per heavy atom. The maximum Gasteiger partial charge on any atom is 0.225 e. The average Bonchev–Trinajstić information content (AvgIpc) is 2.62. The highest BCUT2D eigenvalue weighted by molar-refractivity contribution is 7.83. The molecule has 0 fully saturated rings. The summed E-state index contributed by atoms with van der Waals surface area (Å²) in [6.45, 7) is 8.65. The highest BCUT2D eigenvalue weighted by Crippen LogP contribution is 2.40. The van der Waals surface area contributed by atoms with Gasteiger partial charge in [-0.3, -0.25) is 14.0 Å². The van der Waals surface area contributed by atoms with Gasteiger partial charge >= 0.3 is 0 Å². The highest BCUT2D eigenvalue weighted by atomic mass is 35.5. The molecule has 0 saturated heterocycles. The SMILES string of the molecule is C=CC1=C(N(CCNC)C(C)=O)N(S(=O)c2cc(Cl)cc(Cl)c2)C1CCCC. The molecule has 1 aromatic carbocycles. The molecule has 1 amide bonds. The maximum absolute atomic E-state index is 13.5. The molecule has 8 heteroatoms. The first-order valence-electron chi connectivity index (χ1n) is 9.32. The van der Waals surface area contributed by atoms with Gasteiger partial charge in [0.25, 0.3) is 0 Å². The Hall–Kier alpha value is -1.34. The Labute approximate surface area is 180 Å². The van der Waals surface area contributed by atoms with Crippen LogP contribution in [0, 0.1) is 0 Å². The van der Waals surface area contributed by atoms with Crippen LogP contribution in [-0.2, 0) is 15.8 Å². The van der Waals surface area contributed by atoms with Crippen molar-refractivity contribution in [1.82, 2.24) is 14.5 Å². The lowest BCUT2D eigenvalue weighted by molar-refractivity contribution is -0.128. The molecule has 1 aromatic rings. The molecule has 28 heavy (non-hydrogen) atoms. The highest BCUT2D eigenvalue weighted by Gasteiger charge is 2.43. The number of amides is 1. The fourth-order valence-corrected chi connectivity index (χ4v) is 5.38. The topological polar surface area (TPSA) is 52.7 Å². The van der Waals surface area contributed by atoms with Crippen molar-refractivity contribution in [1.29, 1.82) is 0 Å². The molecule has 1 N–H and O–H groups in total. The first-order valence-corrected chi connectivity index (χ1v) is 11.2. The number of likely N-dealkylation sites (N-methyl/N-ethyl adjacent to an activating group) is 1. The van der Waals surface area contributed by atoms with Gasteiger partial charge < -0.3 is 5.32 Å². The van der Waals surface area contributed by atoms with Crippen molar-refractivity contribution < 1.29 is 9.00 Å². The summed E-state index contributed by atoms with van der Waals surface area (Å²) in [5, 5.41) is 3.90. The molecule has 2 atom stereocenters. The van der Waals surface area contributed by atoms with Crippen molar-refractivity contribution in [2.45, 2.75) is 44.0 Å². The molecule has 0 spiro atoms. The third-order valence-electron chi connectivity index (χ3n) is 4.60. The molecule has 1 aliphatic rings. The fraction of sp³-hybridized carbons (Fsp3) is 0.450. The van der Waals surface area contributed by atoms with Gasteiger partial charge in [0.15, 0.2) is 11.0 Å². The molecule has 1 heterocycles. The van der Waals surface area contributed by atoms with E-state index < -0.39 is 11.0 Å². The van der Waals surface area contributed by atoms with E-state index in [4.69, 9.17) is 23.2 Å². The number of hydrogen-bond donors (Lipinski definition) is 1. The number of benzene rings is 1. The lowest BCUT2D eigenvalue weighted by atomic mass is 9.94.